The van der Waals surface area contributed by atoms with Crippen LogP contribution in [0.5, 0.6) is 0 Å². The molecule has 0 atom stereocenters. The normalized spacial score (nSPS) is 15.7. The predicted octanol–water partition coefficient (Wildman–Crippen LogP) is 2.28. The highest BCUT2D eigenvalue weighted by atomic mass is 19.4. The Morgan fingerprint density at radius 3 is 2.61 bits per heavy atom. The van der Waals surface area contributed by atoms with Crippen molar-refractivity contribution in [2.45, 2.75) is 38.4 Å². The largest absolute Gasteiger partial charge is 0.416 e. The number of carbonyl (C=O) groups is 3. The van der Waals surface area contributed by atoms with Gasteiger partial charge in [-0.05, 0) is 38.5 Å². The fourth-order valence-corrected chi connectivity index (χ4v) is 2.57. The van der Waals surface area contributed by atoms with Gasteiger partial charge in [-0.3, -0.25) is 14.5 Å². The van der Waals surface area contributed by atoms with Gasteiger partial charge in [0.25, 0.3) is 5.91 Å². The molecule has 0 bridgehead atoms. The highest BCUT2D eigenvalue weighted by Gasteiger charge is 2.43. The Hall–Kier alpha value is -3.02. The molecule has 1 saturated heterocycles. The summed E-state index contributed by atoms with van der Waals surface area (Å²) in [6.45, 7) is 3.30. The SMILES string of the molecule is CC1(C)NC(=O)N(CCCC(=O)NCC#Cc2cccc(C(F)(F)F)c2)C1=O. The van der Waals surface area contributed by atoms with Crippen molar-refractivity contribution in [1.29, 1.82) is 0 Å². The number of nitrogens with zero attached hydrogens (tertiary/aromatic N) is 1. The third kappa shape index (κ3) is 5.49. The van der Waals surface area contributed by atoms with Gasteiger partial charge in [0.15, 0.2) is 0 Å². The van der Waals surface area contributed by atoms with E-state index in [0.717, 1.165) is 17.0 Å². The molecule has 0 unspecified atom stereocenters. The van der Waals surface area contributed by atoms with E-state index in [0.29, 0.717) is 6.42 Å². The molecule has 1 fully saturated rings. The summed E-state index contributed by atoms with van der Waals surface area (Å²) in [7, 11) is 0. The summed E-state index contributed by atoms with van der Waals surface area (Å²) in [4.78, 5) is 36.6. The molecule has 1 aliphatic rings. The van der Waals surface area contributed by atoms with E-state index in [1.807, 2.05) is 0 Å². The molecule has 9 heteroatoms. The van der Waals surface area contributed by atoms with E-state index in [4.69, 9.17) is 0 Å². The number of hydrogen-bond donors (Lipinski definition) is 2. The Morgan fingerprint density at radius 2 is 2.00 bits per heavy atom. The fraction of sp³-hybridized carbons (Fsp3) is 0.421. The van der Waals surface area contributed by atoms with Crippen molar-refractivity contribution in [1.82, 2.24) is 15.5 Å². The molecule has 0 aromatic heterocycles. The van der Waals surface area contributed by atoms with Gasteiger partial charge in [-0.25, -0.2) is 4.79 Å². The van der Waals surface area contributed by atoms with Crippen LogP contribution in [-0.4, -0.2) is 41.4 Å². The van der Waals surface area contributed by atoms with E-state index >= 15 is 0 Å². The highest BCUT2D eigenvalue weighted by Crippen LogP contribution is 2.29. The molecule has 2 N–H and O–H groups in total. The quantitative estimate of drug-likeness (QED) is 0.593. The maximum atomic E-state index is 12.6. The van der Waals surface area contributed by atoms with Crippen molar-refractivity contribution >= 4 is 17.8 Å². The molecule has 0 radical (unpaired) electrons. The zero-order chi connectivity index (χ0) is 20.9. The molecule has 1 aliphatic heterocycles. The maximum absolute atomic E-state index is 12.6. The van der Waals surface area contributed by atoms with Gasteiger partial charge in [0.1, 0.15) is 5.54 Å². The second-order valence-corrected chi connectivity index (χ2v) is 6.77. The summed E-state index contributed by atoms with van der Waals surface area (Å²) in [6, 6.07) is 4.13. The first-order valence-electron chi connectivity index (χ1n) is 8.57. The number of alkyl halides is 3. The lowest BCUT2D eigenvalue weighted by Gasteiger charge is -2.15. The first-order chi connectivity index (χ1) is 13.0. The van der Waals surface area contributed by atoms with Gasteiger partial charge in [-0.1, -0.05) is 17.9 Å². The van der Waals surface area contributed by atoms with Gasteiger partial charge in [0.05, 0.1) is 12.1 Å². The van der Waals surface area contributed by atoms with E-state index in [1.54, 1.807) is 13.8 Å². The topological polar surface area (TPSA) is 78.5 Å². The van der Waals surface area contributed by atoms with Gasteiger partial charge in [0, 0.05) is 18.5 Å². The van der Waals surface area contributed by atoms with Crippen LogP contribution >= 0.6 is 0 Å². The van der Waals surface area contributed by atoms with Crippen molar-refractivity contribution in [3.63, 3.8) is 0 Å². The van der Waals surface area contributed by atoms with Gasteiger partial charge in [0.2, 0.25) is 5.91 Å². The third-order valence-corrected chi connectivity index (χ3v) is 4.03. The Morgan fingerprint density at radius 1 is 1.29 bits per heavy atom. The first-order valence-corrected chi connectivity index (χ1v) is 8.57. The van der Waals surface area contributed by atoms with Crippen molar-refractivity contribution in [3.8, 4) is 11.8 Å². The van der Waals surface area contributed by atoms with E-state index < -0.39 is 23.3 Å². The van der Waals surface area contributed by atoms with Crippen LogP contribution in [0.25, 0.3) is 0 Å². The molecular weight excluding hydrogens is 375 g/mol. The van der Waals surface area contributed by atoms with E-state index in [9.17, 15) is 27.6 Å². The van der Waals surface area contributed by atoms with E-state index in [1.165, 1.54) is 12.1 Å². The molecule has 0 spiro atoms. The molecule has 2 rings (SSSR count). The number of urea groups is 1. The average molecular weight is 395 g/mol. The minimum absolute atomic E-state index is 0.0226. The summed E-state index contributed by atoms with van der Waals surface area (Å²) < 4.78 is 37.9. The summed E-state index contributed by atoms with van der Waals surface area (Å²) >= 11 is 0. The summed E-state index contributed by atoms with van der Waals surface area (Å²) in [5.41, 5.74) is -1.53. The first kappa shape index (κ1) is 21.3. The summed E-state index contributed by atoms with van der Waals surface area (Å²) in [5, 5.41) is 5.07. The Kier molecular flexibility index (Phi) is 6.33. The Bertz CT molecular complexity index is 838. The Labute approximate surface area is 160 Å². The molecule has 6 nitrogen and oxygen atoms in total. The minimum Gasteiger partial charge on any atom is -0.345 e. The van der Waals surface area contributed by atoms with Crippen molar-refractivity contribution in [2.24, 2.45) is 0 Å². The van der Waals surface area contributed by atoms with Crippen LogP contribution < -0.4 is 10.6 Å². The zero-order valence-electron chi connectivity index (χ0n) is 15.4. The lowest BCUT2D eigenvalue weighted by atomic mass is 10.1. The maximum Gasteiger partial charge on any atom is 0.416 e. The Balaban J connectivity index is 1.75. The van der Waals surface area contributed by atoms with Crippen LogP contribution in [0.4, 0.5) is 18.0 Å². The molecule has 0 aliphatic carbocycles. The predicted molar refractivity (Wildman–Crippen MR) is 94.9 cm³/mol. The highest BCUT2D eigenvalue weighted by molar-refractivity contribution is 6.06. The summed E-state index contributed by atoms with van der Waals surface area (Å²) in [5.74, 6) is 4.48. The molecule has 0 saturated carbocycles. The monoisotopic (exact) mass is 395 g/mol. The average Bonchev–Trinajstić information content (AvgIpc) is 2.80. The van der Waals surface area contributed by atoms with Crippen LogP contribution in [0.2, 0.25) is 0 Å². The van der Waals surface area contributed by atoms with Gasteiger partial charge in [-0.15, -0.1) is 0 Å². The molecule has 4 amide bonds. The number of hydrogen-bond acceptors (Lipinski definition) is 3. The second-order valence-electron chi connectivity index (χ2n) is 6.77. The van der Waals surface area contributed by atoms with E-state index in [2.05, 4.69) is 22.5 Å². The molecule has 28 heavy (non-hydrogen) atoms. The second kappa shape index (κ2) is 8.33. The lowest BCUT2D eigenvalue weighted by molar-refractivity contribution is -0.137. The van der Waals surface area contributed by atoms with Crippen LogP contribution in [0.15, 0.2) is 24.3 Å². The zero-order valence-corrected chi connectivity index (χ0v) is 15.4. The lowest BCUT2D eigenvalue weighted by Crippen LogP contribution is -2.40. The molecular formula is C19H20F3N3O3. The van der Waals surface area contributed by atoms with Gasteiger partial charge < -0.3 is 10.6 Å². The number of nitrogens with one attached hydrogen (secondary N) is 2. The number of rotatable bonds is 5. The molecule has 1 heterocycles. The number of benzene rings is 1. The van der Waals surface area contributed by atoms with Crippen LogP contribution in [0, 0.1) is 11.8 Å². The van der Waals surface area contributed by atoms with Crippen molar-refractivity contribution in [2.75, 3.05) is 13.1 Å². The number of imide groups is 1. The summed E-state index contributed by atoms with van der Waals surface area (Å²) in [6.07, 6.45) is -4.06. The van der Waals surface area contributed by atoms with Crippen LogP contribution in [0.1, 0.15) is 37.8 Å². The molecule has 1 aromatic rings. The standard InChI is InChI=1S/C19H20F3N3O3/c1-18(2)16(27)25(17(28)24-18)11-5-9-15(26)23-10-4-7-13-6-3-8-14(12-13)19(20,21)22/h3,6,8,12H,5,9-11H2,1-2H3,(H,23,26)(H,24,28). The number of carbonyl (C=O) groups excluding carboxylic acids is 3. The molecule has 150 valence electrons. The van der Waals surface area contributed by atoms with Crippen molar-refractivity contribution in [3.05, 3.63) is 35.4 Å². The van der Waals surface area contributed by atoms with Crippen molar-refractivity contribution < 1.29 is 27.6 Å². The van der Waals surface area contributed by atoms with Gasteiger partial charge >= 0.3 is 12.2 Å². The van der Waals surface area contributed by atoms with Crippen LogP contribution in [-0.2, 0) is 15.8 Å². The van der Waals surface area contributed by atoms with E-state index in [-0.39, 0.29) is 36.9 Å². The minimum atomic E-state index is -4.44. The number of halogens is 3. The number of amides is 4. The fourth-order valence-electron chi connectivity index (χ4n) is 2.57. The molecule has 1 aromatic carbocycles. The van der Waals surface area contributed by atoms with Crippen LogP contribution in [0.3, 0.4) is 0 Å². The van der Waals surface area contributed by atoms with Gasteiger partial charge in [-0.2, -0.15) is 13.2 Å². The third-order valence-electron chi connectivity index (χ3n) is 4.03. The smallest absolute Gasteiger partial charge is 0.345 e.